The zero-order valence-electron chi connectivity index (χ0n) is 22.4. The Hall–Kier alpha value is -5.18. The van der Waals surface area contributed by atoms with Crippen molar-refractivity contribution in [3.05, 3.63) is 136 Å². The summed E-state index contributed by atoms with van der Waals surface area (Å²) < 4.78 is 45.4. The molecule has 0 aliphatic carbocycles. The lowest BCUT2D eigenvalue weighted by Gasteiger charge is -2.21. The second kappa shape index (κ2) is 11.7. The van der Waals surface area contributed by atoms with Gasteiger partial charge in [0.15, 0.2) is 0 Å². The van der Waals surface area contributed by atoms with Crippen molar-refractivity contribution in [2.75, 3.05) is 12.4 Å². The lowest BCUT2D eigenvalue weighted by molar-refractivity contribution is -0.144. The Morgan fingerprint density at radius 1 is 0.881 bits per heavy atom. The van der Waals surface area contributed by atoms with Crippen molar-refractivity contribution in [2.24, 2.45) is 0 Å². The van der Waals surface area contributed by atoms with Crippen molar-refractivity contribution >= 4 is 28.3 Å². The molecule has 9 heteroatoms. The molecule has 1 amide bonds. The second-order valence-electron chi connectivity index (χ2n) is 9.64. The van der Waals surface area contributed by atoms with Crippen LogP contribution in [0.25, 0.3) is 21.9 Å². The number of alkyl halides is 3. The summed E-state index contributed by atoms with van der Waals surface area (Å²) in [5.74, 6) is -1.43. The molecule has 0 saturated carbocycles. The van der Waals surface area contributed by atoms with Gasteiger partial charge in [-0.2, -0.15) is 13.2 Å². The minimum absolute atomic E-state index is 0.0710. The number of halogens is 3. The van der Waals surface area contributed by atoms with Crippen LogP contribution in [0.4, 0.5) is 18.9 Å². The van der Waals surface area contributed by atoms with Gasteiger partial charge in [0.1, 0.15) is 11.7 Å². The van der Waals surface area contributed by atoms with Crippen molar-refractivity contribution in [3.63, 3.8) is 0 Å². The number of hydrogen-bond acceptors (Lipinski definition) is 4. The van der Waals surface area contributed by atoms with E-state index in [1.807, 2.05) is 72.8 Å². The van der Waals surface area contributed by atoms with Crippen LogP contribution in [0, 0.1) is 0 Å². The topological polar surface area (TPSA) is 77.4 Å². The first-order chi connectivity index (χ1) is 20.2. The number of carbonyl (C=O) groups excluding carboxylic acids is 2. The molecule has 1 heterocycles. The fraction of sp³-hybridized carbons (Fsp3) is 0.121. The fourth-order valence-electron chi connectivity index (χ4n) is 4.82. The van der Waals surface area contributed by atoms with Crippen LogP contribution in [0.1, 0.15) is 27.5 Å². The third-order valence-electron chi connectivity index (χ3n) is 6.95. The summed E-state index contributed by atoms with van der Waals surface area (Å²) in [6, 6.07) is 26.5. The highest BCUT2D eigenvalue weighted by molar-refractivity contribution is 6.05. The molecule has 0 bridgehead atoms. The number of carbonyl (C=O) groups is 2. The molecular weight excluding hydrogens is 545 g/mol. The first-order valence-electron chi connectivity index (χ1n) is 13.0. The number of nitrogens with zero attached hydrogens (tertiary/aromatic N) is 1. The highest BCUT2D eigenvalue weighted by Crippen LogP contribution is 2.31. The second-order valence-corrected chi connectivity index (χ2v) is 9.64. The molecule has 0 spiro atoms. The molecular formula is C33H25F3N2O4. The smallest absolute Gasteiger partial charge is 0.416 e. The van der Waals surface area contributed by atoms with Crippen LogP contribution < -0.4 is 10.9 Å². The Labute approximate surface area is 239 Å². The molecule has 0 fully saturated rings. The molecule has 0 aliphatic rings. The molecule has 1 atom stereocenters. The van der Waals surface area contributed by atoms with Crippen LogP contribution >= 0.6 is 0 Å². The van der Waals surface area contributed by atoms with E-state index in [0.717, 1.165) is 46.2 Å². The van der Waals surface area contributed by atoms with Crippen molar-refractivity contribution in [1.82, 2.24) is 4.57 Å². The number of anilines is 1. The number of fused-ring (bicyclic) bond motifs is 1. The molecule has 1 N–H and O–H groups in total. The molecule has 1 aromatic heterocycles. The summed E-state index contributed by atoms with van der Waals surface area (Å²) in [5, 5.41) is 4.37. The van der Waals surface area contributed by atoms with E-state index >= 15 is 0 Å². The molecule has 0 aliphatic heterocycles. The van der Waals surface area contributed by atoms with E-state index in [1.165, 1.54) is 17.7 Å². The van der Waals surface area contributed by atoms with E-state index in [-0.39, 0.29) is 17.7 Å². The maximum absolute atomic E-state index is 13.8. The van der Waals surface area contributed by atoms with E-state index in [0.29, 0.717) is 5.56 Å². The Morgan fingerprint density at radius 3 is 2.24 bits per heavy atom. The highest BCUT2D eigenvalue weighted by atomic mass is 19.4. The standard InChI is InChI=1S/C33H25F3N2O4/c1-42-32(41)29(18-21-8-3-2-4-9-21)38-20-24(27-13-7-11-22-10-5-6-12-26(22)27)19-28(31(38)40)37-30(39)23-14-16-25(17-15-23)33(34,35)36/h2-17,19-20,29H,18H2,1H3,(H,37,39)/t29-/m0/s1. The zero-order chi connectivity index (χ0) is 29.9. The molecule has 5 aromatic rings. The SMILES string of the molecule is COC(=O)[C@H](Cc1ccccc1)n1cc(-c2cccc3ccccc23)cc(NC(=O)c2ccc(C(F)(F)F)cc2)c1=O. The van der Waals surface area contributed by atoms with Crippen LogP contribution in [0.5, 0.6) is 0 Å². The first-order valence-corrected chi connectivity index (χ1v) is 13.0. The summed E-state index contributed by atoms with van der Waals surface area (Å²) in [4.78, 5) is 40.0. The zero-order valence-corrected chi connectivity index (χ0v) is 22.4. The Kier molecular flexibility index (Phi) is 7.93. The molecule has 6 nitrogen and oxygen atoms in total. The van der Waals surface area contributed by atoms with Gasteiger partial charge in [-0.05, 0) is 52.2 Å². The maximum atomic E-state index is 13.8. The number of amides is 1. The van der Waals surface area contributed by atoms with E-state index in [9.17, 15) is 27.6 Å². The Morgan fingerprint density at radius 2 is 1.55 bits per heavy atom. The van der Waals surface area contributed by atoms with E-state index in [4.69, 9.17) is 4.74 Å². The summed E-state index contributed by atoms with van der Waals surface area (Å²) in [7, 11) is 1.23. The van der Waals surface area contributed by atoms with Gasteiger partial charge in [-0.1, -0.05) is 72.8 Å². The van der Waals surface area contributed by atoms with Gasteiger partial charge in [-0.15, -0.1) is 0 Å². The van der Waals surface area contributed by atoms with Gasteiger partial charge in [-0.3, -0.25) is 14.2 Å². The number of benzene rings is 4. The van der Waals surface area contributed by atoms with Gasteiger partial charge in [0, 0.05) is 23.7 Å². The van der Waals surface area contributed by atoms with Gasteiger partial charge in [0.05, 0.1) is 12.7 Å². The highest BCUT2D eigenvalue weighted by Gasteiger charge is 2.30. The lowest BCUT2D eigenvalue weighted by atomic mass is 9.98. The molecule has 212 valence electrons. The van der Waals surface area contributed by atoms with E-state index in [1.54, 1.807) is 6.20 Å². The third-order valence-corrected chi connectivity index (χ3v) is 6.95. The number of rotatable bonds is 7. The number of hydrogen-bond donors (Lipinski definition) is 1. The van der Waals surface area contributed by atoms with Crippen molar-refractivity contribution < 1.29 is 27.5 Å². The summed E-state index contributed by atoms with van der Waals surface area (Å²) in [6.07, 6.45) is -2.86. The van der Waals surface area contributed by atoms with Gasteiger partial charge < -0.3 is 10.1 Å². The van der Waals surface area contributed by atoms with Crippen LogP contribution in [0.3, 0.4) is 0 Å². The van der Waals surface area contributed by atoms with Crippen LogP contribution in [-0.2, 0) is 22.1 Å². The van der Waals surface area contributed by atoms with Crippen LogP contribution in [0.15, 0.2) is 114 Å². The largest absolute Gasteiger partial charge is 0.467 e. The van der Waals surface area contributed by atoms with Crippen molar-refractivity contribution in [2.45, 2.75) is 18.6 Å². The number of ether oxygens (including phenoxy) is 1. The normalized spacial score (nSPS) is 12.1. The Bertz CT molecular complexity index is 1810. The molecule has 0 saturated heterocycles. The number of aromatic nitrogens is 1. The number of methoxy groups -OCH3 is 1. The molecule has 0 unspecified atom stereocenters. The van der Waals surface area contributed by atoms with Gasteiger partial charge in [-0.25, -0.2) is 4.79 Å². The predicted molar refractivity (Wildman–Crippen MR) is 154 cm³/mol. The van der Waals surface area contributed by atoms with Crippen LogP contribution in [-0.4, -0.2) is 23.6 Å². The Balaban J connectivity index is 1.64. The summed E-state index contributed by atoms with van der Waals surface area (Å²) in [5.41, 5.74) is 0.273. The lowest BCUT2D eigenvalue weighted by Crippen LogP contribution is -2.34. The molecule has 4 aromatic carbocycles. The number of nitrogens with one attached hydrogen (secondary N) is 1. The molecule has 5 rings (SSSR count). The fourth-order valence-corrected chi connectivity index (χ4v) is 4.82. The third kappa shape index (κ3) is 5.95. The quantitative estimate of drug-likeness (QED) is 0.216. The molecule has 0 radical (unpaired) electrons. The van der Waals surface area contributed by atoms with Gasteiger partial charge >= 0.3 is 12.1 Å². The maximum Gasteiger partial charge on any atom is 0.416 e. The summed E-state index contributed by atoms with van der Waals surface area (Å²) in [6.45, 7) is 0. The minimum atomic E-state index is -4.56. The van der Waals surface area contributed by atoms with Crippen molar-refractivity contribution in [3.8, 4) is 11.1 Å². The monoisotopic (exact) mass is 570 g/mol. The van der Waals surface area contributed by atoms with E-state index < -0.39 is 35.2 Å². The first kappa shape index (κ1) is 28.4. The summed E-state index contributed by atoms with van der Waals surface area (Å²) >= 11 is 0. The average Bonchev–Trinajstić information content (AvgIpc) is 3.00. The van der Waals surface area contributed by atoms with Crippen molar-refractivity contribution in [1.29, 1.82) is 0 Å². The predicted octanol–water partition coefficient (Wildman–Crippen LogP) is 6.90. The van der Waals surface area contributed by atoms with Gasteiger partial charge in [0.2, 0.25) is 0 Å². The van der Waals surface area contributed by atoms with Crippen LogP contribution in [0.2, 0.25) is 0 Å². The average molecular weight is 571 g/mol. The number of pyridine rings is 1. The van der Waals surface area contributed by atoms with E-state index in [2.05, 4.69) is 5.32 Å². The number of esters is 1. The van der Waals surface area contributed by atoms with Gasteiger partial charge in [0.25, 0.3) is 11.5 Å². The minimum Gasteiger partial charge on any atom is -0.467 e. The molecule has 42 heavy (non-hydrogen) atoms.